The first kappa shape index (κ1) is 14.3. The number of rotatable bonds is 5. The van der Waals surface area contributed by atoms with Crippen LogP contribution in [0.1, 0.15) is 32.3 Å². The van der Waals surface area contributed by atoms with Gasteiger partial charge in [0.2, 0.25) is 5.95 Å². The van der Waals surface area contributed by atoms with Gasteiger partial charge in [0, 0.05) is 25.5 Å². The van der Waals surface area contributed by atoms with Crippen molar-refractivity contribution >= 4 is 5.95 Å². The lowest BCUT2D eigenvalue weighted by Gasteiger charge is -2.32. The van der Waals surface area contributed by atoms with E-state index in [9.17, 15) is 0 Å². The Kier molecular flexibility index (Phi) is 5.14. The van der Waals surface area contributed by atoms with E-state index in [0.717, 1.165) is 37.9 Å². The van der Waals surface area contributed by atoms with E-state index in [0.29, 0.717) is 5.92 Å². The molecule has 0 amide bonds. The van der Waals surface area contributed by atoms with Gasteiger partial charge in [-0.1, -0.05) is 13.8 Å². The van der Waals surface area contributed by atoms with Crippen molar-refractivity contribution < 1.29 is 0 Å². The Bertz CT molecular complexity index is 372. The molecule has 0 bridgehead atoms. The molecule has 2 rings (SSSR count). The third-order valence-electron chi connectivity index (χ3n) is 3.63. The summed E-state index contributed by atoms with van der Waals surface area (Å²) in [5.74, 6) is 2.27. The number of anilines is 1. The maximum Gasteiger partial charge on any atom is 0.225 e. The van der Waals surface area contributed by atoms with Gasteiger partial charge in [-0.25, -0.2) is 9.97 Å². The number of piperidine rings is 1. The smallest absolute Gasteiger partial charge is 0.225 e. The van der Waals surface area contributed by atoms with E-state index in [2.05, 4.69) is 34.0 Å². The molecule has 0 aliphatic carbocycles. The molecule has 0 saturated carbocycles. The Labute approximate surface area is 116 Å². The molecule has 106 valence electrons. The fourth-order valence-electron chi connectivity index (χ4n) is 2.79. The number of nitrogens with zero attached hydrogens (tertiary/aromatic N) is 3. The van der Waals surface area contributed by atoms with Crippen molar-refractivity contribution in [2.45, 2.75) is 33.1 Å². The number of nitrogens with one attached hydrogen (secondary N) is 1. The summed E-state index contributed by atoms with van der Waals surface area (Å²) >= 11 is 0. The van der Waals surface area contributed by atoms with Gasteiger partial charge >= 0.3 is 0 Å². The first-order chi connectivity index (χ1) is 9.19. The highest BCUT2D eigenvalue weighted by atomic mass is 15.3. The molecule has 1 aliphatic heterocycles. The normalized spacial score (nSPS) is 20.0. The van der Waals surface area contributed by atoms with Crippen molar-refractivity contribution in [3.05, 3.63) is 18.0 Å². The topological polar surface area (TPSA) is 41.0 Å². The number of aromatic nitrogens is 2. The van der Waals surface area contributed by atoms with E-state index < -0.39 is 0 Å². The Morgan fingerprint density at radius 2 is 2.11 bits per heavy atom. The summed E-state index contributed by atoms with van der Waals surface area (Å²) < 4.78 is 0. The standard InChI is InChI=1S/C15H26N4/c1-12(2)7-14-9-17-15(18-10-14)19-6-4-5-13(11-19)8-16-3/h9-10,12-13,16H,4-8,11H2,1-3H3. The minimum atomic E-state index is 0.657. The van der Waals surface area contributed by atoms with Crippen LogP contribution in [-0.4, -0.2) is 36.6 Å². The minimum absolute atomic E-state index is 0.657. The number of hydrogen-bond acceptors (Lipinski definition) is 4. The molecule has 0 radical (unpaired) electrons. The molecule has 2 heterocycles. The summed E-state index contributed by atoms with van der Waals surface area (Å²) in [6.07, 6.45) is 7.59. The molecule has 4 heteroatoms. The van der Waals surface area contributed by atoms with E-state index in [1.807, 2.05) is 19.4 Å². The van der Waals surface area contributed by atoms with Crippen LogP contribution >= 0.6 is 0 Å². The maximum absolute atomic E-state index is 4.54. The van der Waals surface area contributed by atoms with E-state index in [-0.39, 0.29) is 0 Å². The van der Waals surface area contributed by atoms with Crippen LogP contribution in [0.2, 0.25) is 0 Å². The van der Waals surface area contributed by atoms with Crippen LogP contribution in [0.3, 0.4) is 0 Å². The Morgan fingerprint density at radius 3 is 2.74 bits per heavy atom. The molecule has 1 fully saturated rings. The molecule has 1 aliphatic rings. The van der Waals surface area contributed by atoms with Gasteiger partial charge in [0.15, 0.2) is 0 Å². The molecule has 1 atom stereocenters. The van der Waals surface area contributed by atoms with Gasteiger partial charge < -0.3 is 10.2 Å². The highest BCUT2D eigenvalue weighted by Crippen LogP contribution is 2.20. The van der Waals surface area contributed by atoms with Gasteiger partial charge in [0.05, 0.1) is 0 Å². The lowest BCUT2D eigenvalue weighted by atomic mass is 9.98. The molecule has 0 aromatic carbocycles. The van der Waals surface area contributed by atoms with Gasteiger partial charge in [-0.2, -0.15) is 0 Å². The van der Waals surface area contributed by atoms with E-state index in [1.165, 1.54) is 18.4 Å². The molecule has 4 nitrogen and oxygen atoms in total. The van der Waals surface area contributed by atoms with Crippen LogP contribution in [0.5, 0.6) is 0 Å². The van der Waals surface area contributed by atoms with Crippen molar-refractivity contribution in [3.8, 4) is 0 Å². The van der Waals surface area contributed by atoms with Crippen molar-refractivity contribution in [1.29, 1.82) is 0 Å². The first-order valence-corrected chi connectivity index (χ1v) is 7.39. The maximum atomic E-state index is 4.54. The third kappa shape index (κ3) is 4.16. The third-order valence-corrected chi connectivity index (χ3v) is 3.63. The van der Waals surface area contributed by atoms with Gasteiger partial charge in [0.1, 0.15) is 0 Å². The lowest BCUT2D eigenvalue weighted by molar-refractivity contribution is 0.399. The molecule has 1 saturated heterocycles. The highest BCUT2D eigenvalue weighted by Gasteiger charge is 2.21. The summed E-state index contributed by atoms with van der Waals surface area (Å²) in [6, 6.07) is 0. The molecule has 1 aromatic rings. The second kappa shape index (κ2) is 6.85. The minimum Gasteiger partial charge on any atom is -0.341 e. The predicted octanol–water partition coefficient (Wildman–Crippen LogP) is 2.11. The summed E-state index contributed by atoms with van der Waals surface area (Å²) in [4.78, 5) is 11.4. The van der Waals surface area contributed by atoms with E-state index >= 15 is 0 Å². The van der Waals surface area contributed by atoms with Gasteiger partial charge in [-0.15, -0.1) is 0 Å². The molecule has 1 N–H and O–H groups in total. The van der Waals surface area contributed by atoms with Crippen LogP contribution in [0.25, 0.3) is 0 Å². The Morgan fingerprint density at radius 1 is 1.37 bits per heavy atom. The Balaban J connectivity index is 1.97. The number of hydrogen-bond donors (Lipinski definition) is 1. The molecule has 0 spiro atoms. The zero-order valence-electron chi connectivity index (χ0n) is 12.4. The fraction of sp³-hybridized carbons (Fsp3) is 0.733. The van der Waals surface area contributed by atoms with Crippen LogP contribution in [-0.2, 0) is 6.42 Å². The molecule has 1 aromatic heterocycles. The monoisotopic (exact) mass is 262 g/mol. The molecule has 19 heavy (non-hydrogen) atoms. The van der Waals surface area contributed by atoms with Crippen LogP contribution in [0.15, 0.2) is 12.4 Å². The predicted molar refractivity (Wildman–Crippen MR) is 79.4 cm³/mol. The lowest BCUT2D eigenvalue weighted by Crippen LogP contribution is -2.39. The van der Waals surface area contributed by atoms with E-state index in [4.69, 9.17) is 0 Å². The van der Waals surface area contributed by atoms with Crippen LogP contribution < -0.4 is 10.2 Å². The SMILES string of the molecule is CNCC1CCCN(c2ncc(CC(C)C)cn2)C1. The Hall–Kier alpha value is -1.16. The molecule has 1 unspecified atom stereocenters. The summed E-state index contributed by atoms with van der Waals surface area (Å²) in [7, 11) is 2.02. The molecular weight excluding hydrogens is 236 g/mol. The van der Waals surface area contributed by atoms with Crippen molar-refractivity contribution in [3.63, 3.8) is 0 Å². The second-order valence-corrected chi connectivity index (χ2v) is 6.00. The van der Waals surface area contributed by atoms with Crippen molar-refractivity contribution in [2.75, 3.05) is 31.6 Å². The summed E-state index contributed by atoms with van der Waals surface area (Å²) in [6.45, 7) is 7.69. The average Bonchev–Trinajstić information content (AvgIpc) is 2.40. The van der Waals surface area contributed by atoms with E-state index in [1.54, 1.807) is 0 Å². The zero-order valence-corrected chi connectivity index (χ0v) is 12.4. The summed E-state index contributed by atoms with van der Waals surface area (Å²) in [5, 5.41) is 3.27. The molecular formula is C15H26N4. The van der Waals surface area contributed by atoms with Gasteiger partial charge in [0.25, 0.3) is 0 Å². The zero-order chi connectivity index (χ0) is 13.7. The quantitative estimate of drug-likeness (QED) is 0.882. The highest BCUT2D eigenvalue weighted by molar-refractivity contribution is 5.30. The average molecular weight is 262 g/mol. The van der Waals surface area contributed by atoms with Crippen molar-refractivity contribution in [1.82, 2.24) is 15.3 Å². The first-order valence-electron chi connectivity index (χ1n) is 7.39. The van der Waals surface area contributed by atoms with Crippen molar-refractivity contribution in [2.24, 2.45) is 11.8 Å². The largest absolute Gasteiger partial charge is 0.341 e. The fourth-order valence-corrected chi connectivity index (χ4v) is 2.79. The summed E-state index contributed by atoms with van der Waals surface area (Å²) in [5.41, 5.74) is 1.24. The van der Waals surface area contributed by atoms with Gasteiger partial charge in [-0.05, 0) is 50.3 Å². The van der Waals surface area contributed by atoms with Crippen LogP contribution in [0.4, 0.5) is 5.95 Å². The van der Waals surface area contributed by atoms with Crippen LogP contribution in [0, 0.1) is 11.8 Å². The second-order valence-electron chi connectivity index (χ2n) is 6.00. The van der Waals surface area contributed by atoms with Gasteiger partial charge in [-0.3, -0.25) is 0 Å².